The van der Waals surface area contributed by atoms with E-state index in [2.05, 4.69) is 26.3 Å². The topological polar surface area (TPSA) is 84.2 Å². The van der Waals surface area contributed by atoms with Crippen LogP contribution in [0.2, 0.25) is 0 Å². The monoisotopic (exact) mass is 349 g/mol. The van der Waals surface area contributed by atoms with E-state index in [4.69, 9.17) is 5.11 Å². The molecule has 1 amide bonds. The average molecular weight is 350 g/mol. The molecule has 0 unspecified atom stereocenters. The summed E-state index contributed by atoms with van der Waals surface area (Å²) >= 11 is 3.14. The van der Waals surface area contributed by atoms with Gasteiger partial charge in [-0.05, 0) is 46.3 Å². The Bertz CT molecular complexity index is 722. The Morgan fingerprint density at radius 3 is 2.76 bits per heavy atom. The van der Waals surface area contributed by atoms with Crippen molar-refractivity contribution >= 4 is 39.6 Å². The molecular weight excluding hydrogens is 338 g/mol. The SMILES string of the molecule is Cn1nccc1/C=C/C(=O)Nc1ccc(Br)c(C(=O)O)c1. The van der Waals surface area contributed by atoms with Crippen molar-refractivity contribution in [3.63, 3.8) is 0 Å². The number of halogens is 1. The number of nitrogens with zero attached hydrogens (tertiary/aromatic N) is 2. The maximum atomic E-state index is 11.8. The molecule has 0 bridgehead atoms. The first-order chi connectivity index (χ1) is 9.97. The number of carbonyl (C=O) groups is 2. The van der Waals surface area contributed by atoms with Crippen molar-refractivity contribution in [2.45, 2.75) is 0 Å². The van der Waals surface area contributed by atoms with Gasteiger partial charge in [-0.15, -0.1) is 0 Å². The zero-order valence-corrected chi connectivity index (χ0v) is 12.7. The van der Waals surface area contributed by atoms with E-state index in [1.165, 1.54) is 12.1 Å². The van der Waals surface area contributed by atoms with E-state index in [0.717, 1.165) is 5.69 Å². The van der Waals surface area contributed by atoms with Crippen molar-refractivity contribution in [3.8, 4) is 0 Å². The summed E-state index contributed by atoms with van der Waals surface area (Å²) in [5.74, 6) is -1.42. The molecule has 2 N–H and O–H groups in total. The summed E-state index contributed by atoms with van der Waals surface area (Å²) in [6.45, 7) is 0. The molecule has 0 radical (unpaired) electrons. The fourth-order valence-corrected chi connectivity index (χ4v) is 2.08. The van der Waals surface area contributed by atoms with Crippen LogP contribution in [-0.4, -0.2) is 26.8 Å². The third-order valence-electron chi connectivity index (χ3n) is 2.73. The van der Waals surface area contributed by atoms with Gasteiger partial charge in [0.15, 0.2) is 0 Å². The maximum Gasteiger partial charge on any atom is 0.336 e. The van der Waals surface area contributed by atoms with Crippen molar-refractivity contribution in [2.75, 3.05) is 5.32 Å². The number of amides is 1. The number of benzene rings is 1. The predicted octanol–water partition coefficient (Wildman–Crippen LogP) is 2.53. The van der Waals surface area contributed by atoms with Crippen molar-refractivity contribution in [1.82, 2.24) is 9.78 Å². The van der Waals surface area contributed by atoms with Gasteiger partial charge in [-0.2, -0.15) is 5.10 Å². The summed E-state index contributed by atoms with van der Waals surface area (Å²) < 4.78 is 2.09. The van der Waals surface area contributed by atoms with Gasteiger partial charge in [0.1, 0.15) is 0 Å². The van der Waals surface area contributed by atoms with Gasteiger partial charge in [0, 0.05) is 29.5 Å². The first-order valence-corrected chi connectivity index (χ1v) is 6.76. The zero-order valence-electron chi connectivity index (χ0n) is 11.1. The van der Waals surface area contributed by atoms with Crippen LogP contribution in [0.4, 0.5) is 5.69 Å². The molecule has 108 valence electrons. The summed E-state index contributed by atoms with van der Waals surface area (Å²) in [7, 11) is 1.77. The van der Waals surface area contributed by atoms with Crippen molar-refractivity contribution in [3.05, 3.63) is 52.3 Å². The normalized spacial score (nSPS) is 10.8. The first-order valence-electron chi connectivity index (χ1n) is 5.97. The Morgan fingerprint density at radius 1 is 1.38 bits per heavy atom. The molecule has 0 saturated carbocycles. The number of hydrogen-bond acceptors (Lipinski definition) is 3. The van der Waals surface area contributed by atoms with Crippen LogP contribution in [0, 0.1) is 0 Å². The summed E-state index contributed by atoms with van der Waals surface area (Å²) in [6.07, 6.45) is 4.62. The van der Waals surface area contributed by atoms with Gasteiger partial charge < -0.3 is 10.4 Å². The molecule has 21 heavy (non-hydrogen) atoms. The third-order valence-corrected chi connectivity index (χ3v) is 3.42. The fraction of sp³-hybridized carbons (Fsp3) is 0.0714. The van der Waals surface area contributed by atoms with Gasteiger partial charge in [0.05, 0.1) is 11.3 Å². The second kappa shape index (κ2) is 6.36. The van der Waals surface area contributed by atoms with Crippen LogP contribution in [0.15, 0.2) is 41.0 Å². The quantitative estimate of drug-likeness (QED) is 0.830. The number of carboxylic acids is 1. The summed E-state index contributed by atoms with van der Waals surface area (Å²) in [4.78, 5) is 22.8. The molecule has 6 nitrogen and oxygen atoms in total. The van der Waals surface area contributed by atoms with E-state index >= 15 is 0 Å². The van der Waals surface area contributed by atoms with Crippen LogP contribution in [0.25, 0.3) is 6.08 Å². The van der Waals surface area contributed by atoms with Gasteiger partial charge in [0.2, 0.25) is 5.91 Å². The highest BCUT2D eigenvalue weighted by Gasteiger charge is 2.09. The molecule has 0 aliphatic rings. The van der Waals surface area contributed by atoms with E-state index in [1.807, 2.05) is 0 Å². The number of hydrogen-bond donors (Lipinski definition) is 2. The molecule has 2 rings (SSSR count). The van der Waals surface area contributed by atoms with Crippen LogP contribution in [0.1, 0.15) is 16.1 Å². The highest BCUT2D eigenvalue weighted by atomic mass is 79.9. The van der Waals surface area contributed by atoms with E-state index in [9.17, 15) is 9.59 Å². The second-order valence-corrected chi connectivity index (χ2v) is 5.06. The third kappa shape index (κ3) is 3.79. The Morgan fingerprint density at radius 2 is 2.14 bits per heavy atom. The van der Waals surface area contributed by atoms with Crippen LogP contribution in [0.3, 0.4) is 0 Å². The molecule has 0 fully saturated rings. The fourth-order valence-electron chi connectivity index (χ4n) is 1.66. The van der Waals surface area contributed by atoms with Crippen LogP contribution >= 0.6 is 15.9 Å². The molecule has 0 spiro atoms. The van der Waals surface area contributed by atoms with Crippen molar-refractivity contribution in [1.29, 1.82) is 0 Å². The number of aryl methyl sites for hydroxylation is 1. The highest BCUT2D eigenvalue weighted by molar-refractivity contribution is 9.10. The summed E-state index contributed by atoms with van der Waals surface area (Å²) in [6, 6.07) is 6.35. The van der Waals surface area contributed by atoms with E-state index < -0.39 is 5.97 Å². The number of rotatable bonds is 4. The summed E-state index contributed by atoms with van der Waals surface area (Å²) in [5.41, 5.74) is 1.28. The zero-order chi connectivity index (χ0) is 15.4. The second-order valence-electron chi connectivity index (χ2n) is 4.20. The lowest BCUT2D eigenvalue weighted by atomic mass is 10.2. The van der Waals surface area contributed by atoms with E-state index in [0.29, 0.717) is 10.2 Å². The molecule has 0 saturated heterocycles. The lowest BCUT2D eigenvalue weighted by Crippen LogP contribution is -2.09. The number of aromatic carboxylic acids is 1. The highest BCUT2D eigenvalue weighted by Crippen LogP contribution is 2.21. The Labute approximate surface area is 129 Å². The summed E-state index contributed by atoms with van der Waals surface area (Å²) in [5, 5.41) is 15.6. The predicted molar refractivity (Wildman–Crippen MR) is 82.0 cm³/mol. The molecule has 7 heteroatoms. The van der Waals surface area contributed by atoms with E-state index in [1.54, 1.807) is 42.2 Å². The molecular formula is C14H12BrN3O3. The van der Waals surface area contributed by atoms with Crippen molar-refractivity contribution < 1.29 is 14.7 Å². The molecule has 1 aromatic heterocycles. The maximum absolute atomic E-state index is 11.8. The van der Waals surface area contributed by atoms with Gasteiger partial charge in [-0.1, -0.05) is 0 Å². The molecule has 2 aromatic rings. The van der Waals surface area contributed by atoms with Gasteiger partial charge in [0.25, 0.3) is 0 Å². The number of anilines is 1. The minimum atomic E-state index is -1.07. The van der Waals surface area contributed by atoms with Gasteiger partial charge >= 0.3 is 5.97 Å². The Hall–Kier alpha value is -2.41. The molecule has 0 atom stereocenters. The van der Waals surface area contributed by atoms with Gasteiger partial charge in [-0.25, -0.2) is 4.79 Å². The molecule has 0 aliphatic heterocycles. The number of aromatic nitrogens is 2. The van der Waals surface area contributed by atoms with Crippen LogP contribution in [-0.2, 0) is 11.8 Å². The lowest BCUT2D eigenvalue weighted by molar-refractivity contribution is -0.111. The Kier molecular flexibility index (Phi) is 4.54. The number of carboxylic acid groups (broad SMARTS) is 1. The standard InChI is InChI=1S/C14H12BrN3O3/c1-18-10(6-7-16-18)3-5-13(19)17-9-2-4-12(15)11(8-9)14(20)21/h2-8H,1H3,(H,17,19)(H,20,21)/b5-3+. The van der Waals surface area contributed by atoms with Crippen molar-refractivity contribution in [2.24, 2.45) is 7.05 Å². The molecule has 1 heterocycles. The number of carbonyl (C=O) groups excluding carboxylic acids is 1. The number of nitrogens with one attached hydrogen (secondary N) is 1. The average Bonchev–Trinajstić information content (AvgIpc) is 2.84. The van der Waals surface area contributed by atoms with Gasteiger partial charge in [-0.3, -0.25) is 9.48 Å². The van der Waals surface area contributed by atoms with Crippen LogP contribution < -0.4 is 5.32 Å². The molecule has 1 aromatic carbocycles. The first kappa shape index (κ1) is 15.0. The largest absolute Gasteiger partial charge is 0.478 e. The minimum absolute atomic E-state index is 0.0865. The van der Waals surface area contributed by atoms with E-state index in [-0.39, 0.29) is 11.5 Å². The van der Waals surface area contributed by atoms with Crippen LogP contribution in [0.5, 0.6) is 0 Å². The smallest absolute Gasteiger partial charge is 0.336 e. The lowest BCUT2D eigenvalue weighted by Gasteiger charge is -2.05. The minimum Gasteiger partial charge on any atom is -0.478 e. The molecule has 0 aliphatic carbocycles. The Balaban J connectivity index is 2.10.